The number of nitrogens with two attached hydrogens (primary N) is 1. The van der Waals surface area contributed by atoms with Gasteiger partial charge in [0.25, 0.3) is 5.91 Å². The number of hydrazine groups is 1. The van der Waals surface area contributed by atoms with Crippen molar-refractivity contribution in [3.05, 3.63) is 42.2 Å². The molecule has 3 N–H and O–H groups in total. The maximum absolute atomic E-state index is 11.6. The summed E-state index contributed by atoms with van der Waals surface area (Å²) < 4.78 is 6.07. The van der Waals surface area contributed by atoms with Gasteiger partial charge in [0.1, 0.15) is 0 Å². The van der Waals surface area contributed by atoms with Crippen LogP contribution in [0.1, 0.15) is 42.5 Å². The third-order valence-electron chi connectivity index (χ3n) is 5.83. The summed E-state index contributed by atoms with van der Waals surface area (Å²) >= 11 is 0. The van der Waals surface area contributed by atoms with E-state index in [-0.39, 0.29) is 5.17 Å². The quantitative estimate of drug-likeness (QED) is 0.334. The van der Waals surface area contributed by atoms with E-state index in [4.69, 9.17) is 15.8 Å². The molecule has 2 fully saturated rings. The number of ether oxygens (including phenoxy) is 1. The van der Waals surface area contributed by atoms with E-state index in [2.05, 4.69) is 14.9 Å². The highest BCUT2D eigenvalue weighted by atomic mass is 16.5. The molecule has 1 aliphatic heterocycles. The monoisotopic (exact) mass is 397 g/mol. The zero-order valence-electron chi connectivity index (χ0n) is 16.4. The molecule has 8 heteroatoms. The molecule has 1 aromatic heterocycles. The van der Waals surface area contributed by atoms with Gasteiger partial charge < -0.3 is 9.64 Å². The Morgan fingerprint density at radius 2 is 1.76 bits per heavy atom. The topological polar surface area (TPSA) is 105 Å². The molecule has 4 rings (SSSR count). The van der Waals surface area contributed by atoms with Gasteiger partial charge in [0.15, 0.2) is 0 Å². The average Bonchev–Trinajstić information content (AvgIpc) is 2.73. The molecule has 8 nitrogen and oxygen atoms in total. The van der Waals surface area contributed by atoms with Crippen molar-refractivity contribution in [1.82, 2.24) is 15.1 Å². The van der Waals surface area contributed by atoms with Gasteiger partial charge in [-0.3, -0.25) is 10.0 Å². The van der Waals surface area contributed by atoms with Crippen LogP contribution < -0.4 is 10.7 Å². The third kappa shape index (κ3) is 4.72. The van der Waals surface area contributed by atoms with Crippen molar-refractivity contribution in [2.45, 2.75) is 38.2 Å². The standard InChI is InChI=1S/C21H27N5O3/c22-26(28)20(27)17-6-4-16(5-7-17)18-12-23-21(24-13-18)25-10-8-19(9-11-25)29-14-15-2-1-3-15/h4-7,12-13,15,19,28H,1-3,8-11,14,22H2. The molecule has 2 heterocycles. The number of nitrogens with zero attached hydrogens (tertiary/aromatic N) is 4. The van der Waals surface area contributed by atoms with E-state index in [1.54, 1.807) is 36.7 Å². The lowest BCUT2D eigenvalue weighted by Crippen LogP contribution is -2.38. The largest absolute Gasteiger partial charge is 0.378 e. The van der Waals surface area contributed by atoms with Gasteiger partial charge in [-0.1, -0.05) is 18.6 Å². The van der Waals surface area contributed by atoms with Crippen LogP contribution in [-0.4, -0.2) is 52.1 Å². The molecule has 0 bridgehead atoms. The van der Waals surface area contributed by atoms with E-state index in [9.17, 15) is 4.79 Å². The van der Waals surface area contributed by atoms with Crippen LogP contribution in [0, 0.1) is 5.92 Å². The van der Waals surface area contributed by atoms with Gasteiger partial charge in [-0.25, -0.2) is 15.8 Å². The number of amides is 1. The first-order valence-corrected chi connectivity index (χ1v) is 10.2. The Hall–Kier alpha value is -2.55. The van der Waals surface area contributed by atoms with Crippen LogP contribution in [0.15, 0.2) is 36.7 Å². The van der Waals surface area contributed by atoms with Crippen LogP contribution in [0.3, 0.4) is 0 Å². The highest BCUT2D eigenvalue weighted by Gasteiger charge is 2.24. The van der Waals surface area contributed by atoms with Gasteiger partial charge in [0.05, 0.1) is 6.10 Å². The summed E-state index contributed by atoms with van der Waals surface area (Å²) in [6.45, 7) is 2.73. The van der Waals surface area contributed by atoms with Crippen molar-refractivity contribution in [3.63, 3.8) is 0 Å². The maximum Gasteiger partial charge on any atom is 0.292 e. The molecular formula is C21H27N5O3. The first kappa shape index (κ1) is 19.8. The molecule has 0 radical (unpaired) electrons. The van der Waals surface area contributed by atoms with Gasteiger partial charge in [-0.2, -0.15) is 0 Å². The zero-order valence-corrected chi connectivity index (χ0v) is 16.4. The number of hydrogen-bond acceptors (Lipinski definition) is 7. The highest BCUT2D eigenvalue weighted by molar-refractivity contribution is 5.93. The fourth-order valence-electron chi connectivity index (χ4n) is 3.73. The number of piperidine rings is 1. The second-order valence-electron chi connectivity index (χ2n) is 7.82. The normalized spacial score (nSPS) is 17.8. The summed E-state index contributed by atoms with van der Waals surface area (Å²) in [4.78, 5) is 22.9. The van der Waals surface area contributed by atoms with E-state index >= 15 is 0 Å². The number of hydroxylamine groups is 1. The van der Waals surface area contributed by atoms with E-state index in [1.165, 1.54) is 19.3 Å². The minimum atomic E-state index is -0.664. The van der Waals surface area contributed by atoms with E-state index < -0.39 is 5.91 Å². The summed E-state index contributed by atoms with van der Waals surface area (Å²) in [6.07, 6.45) is 9.97. The van der Waals surface area contributed by atoms with E-state index in [0.717, 1.165) is 55.5 Å². The van der Waals surface area contributed by atoms with Gasteiger partial charge >= 0.3 is 0 Å². The lowest BCUT2D eigenvalue weighted by Gasteiger charge is -2.34. The van der Waals surface area contributed by atoms with Crippen molar-refractivity contribution in [3.8, 4) is 11.1 Å². The fraction of sp³-hybridized carbons (Fsp3) is 0.476. The maximum atomic E-state index is 11.6. The van der Waals surface area contributed by atoms with Gasteiger partial charge in [-0.05, 0) is 49.3 Å². The summed E-state index contributed by atoms with van der Waals surface area (Å²) in [5.74, 6) is 5.91. The Bertz CT molecular complexity index is 813. The van der Waals surface area contributed by atoms with Gasteiger partial charge in [0.2, 0.25) is 5.95 Å². The molecular weight excluding hydrogens is 370 g/mol. The number of hydrogen-bond donors (Lipinski definition) is 2. The van der Waals surface area contributed by atoms with Crippen LogP contribution in [-0.2, 0) is 4.74 Å². The molecule has 1 saturated heterocycles. The first-order chi connectivity index (χ1) is 14.1. The Labute approximate surface area is 170 Å². The summed E-state index contributed by atoms with van der Waals surface area (Å²) in [5.41, 5.74) is 2.05. The second kappa shape index (κ2) is 8.86. The van der Waals surface area contributed by atoms with Crippen molar-refractivity contribution in [2.75, 3.05) is 24.6 Å². The van der Waals surface area contributed by atoms with Gasteiger partial charge in [-0.15, -0.1) is 5.17 Å². The van der Waals surface area contributed by atoms with Crippen molar-refractivity contribution < 1.29 is 14.7 Å². The van der Waals surface area contributed by atoms with Crippen LogP contribution >= 0.6 is 0 Å². The molecule has 2 aliphatic rings. The predicted octanol–water partition coefficient (Wildman–Crippen LogP) is 2.63. The number of benzene rings is 1. The van der Waals surface area contributed by atoms with Crippen molar-refractivity contribution in [2.24, 2.45) is 11.8 Å². The number of carbonyl (C=O) groups is 1. The van der Waals surface area contributed by atoms with Crippen LogP contribution in [0.5, 0.6) is 0 Å². The summed E-state index contributed by atoms with van der Waals surface area (Å²) in [6, 6.07) is 6.77. The third-order valence-corrected chi connectivity index (χ3v) is 5.83. The number of carbonyl (C=O) groups excluding carboxylic acids is 1. The molecule has 154 valence electrons. The Balaban J connectivity index is 1.31. The molecule has 1 aliphatic carbocycles. The SMILES string of the molecule is NN(O)C(=O)c1ccc(-c2cnc(N3CCC(OCC4CCC4)CC3)nc2)cc1. The summed E-state index contributed by atoms with van der Waals surface area (Å²) in [7, 11) is 0. The van der Waals surface area contributed by atoms with Crippen molar-refractivity contribution in [1.29, 1.82) is 0 Å². The Morgan fingerprint density at radius 3 is 2.31 bits per heavy atom. The Morgan fingerprint density at radius 1 is 1.10 bits per heavy atom. The fourth-order valence-corrected chi connectivity index (χ4v) is 3.73. The van der Waals surface area contributed by atoms with Crippen LogP contribution in [0.2, 0.25) is 0 Å². The smallest absolute Gasteiger partial charge is 0.292 e. The zero-order chi connectivity index (χ0) is 20.2. The molecule has 0 spiro atoms. The molecule has 1 amide bonds. The van der Waals surface area contributed by atoms with Crippen molar-refractivity contribution >= 4 is 11.9 Å². The molecule has 0 unspecified atom stereocenters. The number of rotatable bonds is 6. The van der Waals surface area contributed by atoms with E-state index in [1.807, 2.05) is 0 Å². The lowest BCUT2D eigenvalue weighted by molar-refractivity contribution is -0.0595. The van der Waals surface area contributed by atoms with Crippen LogP contribution in [0.25, 0.3) is 11.1 Å². The Kier molecular flexibility index (Phi) is 6.03. The molecule has 2 aromatic rings. The molecule has 0 atom stereocenters. The highest BCUT2D eigenvalue weighted by Crippen LogP contribution is 2.28. The van der Waals surface area contributed by atoms with Crippen LogP contribution in [0.4, 0.5) is 5.95 Å². The van der Waals surface area contributed by atoms with Gasteiger partial charge in [0, 0.05) is 43.2 Å². The predicted molar refractivity (Wildman–Crippen MR) is 108 cm³/mol. The second-order valence-corrected chi connectivity index (χ2v) is 7.82. The number of anilines is 1. The number of aromatic nitrogens is 2. The minimum Gasteiger partial charge on any atom is -0.378 e. The molecule has 1 saturated carbocycles. The average molecular weight is 397 g/mol. The summed E-state index contributed by atoms with van der Waals surface area (Å²) in [5, 5.41) is 9.11. The van der Waals surface area contributed by atoms with E-state index in [0.29, 0.717) is 11.7 Å². The molecule has 1 aromatic carbocycles. The molecule has 29 heavy (non-hydrogen) atoms. The minimum absolute atomic E-state index is 0.0778. The first-order valence-electron chi connectivity index (χ1n) is 10.2. The lowest BCUT2D eigenvalue weighted by atomic mass is 9.86.